The fourth-order valence-corrected chi connectivity index (χ4v) is 2.03. The highest BCUT2D eigenvalue weighted by Gasteiger charge is 2.23. The van der Waals surface area contributed by atoms with E-state index in [1.807, 2.05) is 30.3 Å². The number of rotatable bonds is 6. The van der Waals surface area contributed by atoms with Crippen LogP contribution in [0, 0.1) is 0 Å². The van der Waals surface area contributed by atoms with Gasteiger partial charge in [-0.25, -0.2) is 4.79 Å². The lowest BCUT2D eigenvalue weighted by molar-refractivity contribution is -0.143. The Bertz CT molecular complexity index is 511. The average Bonchev–Trinajstić information content (AvgIpc) is 2.44. The molecule has 0 saturated heterocycles. The van der Waals surface area contributed by atoms with E-state index in [2.05, 4.69) is 10.6 Å². The van der Waals surface area contributed by atoms with Crippen molar-refractivity contribution in [3.8, 4) is 0 Å². The zero-order valence-electron chi connectivity index (χ0n) is 14.4. The zero-order valence-corrected chi connectivity index (χ0v) is 14.4. The summed E-state index contributed by atoms with van der Waals surface area (Å²) in [5.41, 5.74) is 0.426. The second kappa shape index (κ2) is 8.53. The van der Waals surface area contributed by atoms with Crippen molar-refractivity contribution in [3.05, 3.63) is 35.9 Å². The number of hydrogen-bond donors (Lipinski definition) is 2. The molecule has 2 N–H and O–H groups in total. The van der Waals surface area contributed by atoms with E-state index in [4.69, 9.17) is 9.47 Å². The van der Waals surface area contributed by atoms with Gasteiger partial charge in [0.05, 0.1) is 13.3 Å². The van der Waals surface area contributed by atoms with Crippen molar-refractivity contribution in [2.75, 3.05) is 7.11 Å². The SMILES string of the molecule is COC(=O)C(Cc1ccccc1)NC(C)NC(=O)OC(C)(C)C. The summed E-state index contributed by atoms with van der Waals surface area (Å²) < 4.78 is 10.0. The number of methoxy groups -OCH3 is 1. The maximum Gasteiger partial charge on any atom is 0.408 e. The number of ether oxygens (including phenoxy) is 2. The van der Waals surface area contributed by atoms with Gasteiger partial charge in [-0.15, -0.1) is 0 Å². The van der Waals surface area contributed by atoms with Gasteiger partial charge in [-0.2, -0.15) is 0 Å². The second-order valence-corrected chi connectivity index (χ2v) is 6.30. The van der Waals surface area contributed by atoms with Crippen LogP contribution in [-0.4, -0.2) is 37.0 Å². The Morgan fingerprint density at radius 3 is 2.30 bits per heavy atom. The first-order valence-electron chi connectivity index (χ1n) is 7.58. The fraction of sp³-hybridized carbons (Fsp3) is 0.529. The van der Waals surface area contributed by atoms with Crippen molar-refractivity contribution in [1.29, 1.82) is 0 Å². The van der Waals surface area contributed by atoms with E-state index in [9.17, 15) is 9.59 Å². The third kappa shape index (κ3) is 7.65. The molecule has 6 heteroatoms. The molecule has 0 spiro atoms. The Morgan fingerprint density at radius 1 is 1.17 bits per heavy atom. The van der Waals surface area contributed by atoms with Crippen LogP contribution in [0.1, 0.15) is 33.3 Å². The van der Waals surface area contributed by atoms with Crippen LogP contribution in [0.3, 0.4) is 0 Å². The van der Waals surface area contributed by atoms with Crippen LogP contribution >= 0.6 is 0 Å². The molecule has 0 aromatic heterocycles. The van der Waals surface area contributed by atoms with E-state index in [1.165, 1.54) is 7.11 Å². The molecule has 1 aromatic carbocycles. The van der Waals surface area contributed by atoms with Crippen LogP contribution in [0.25, 0.3) is 0 Å². The standard InChI is InChI=1S/C17H26N2O4/c1-12(19-16(21)23-17(2,3)4)18-14(15(20)22-5)11-13-9-7-6-8-10-13/h6-10,12,14,18H,11H2,1-5H3,(H,19,21). The van der Waals surface area contributed by atoms with E-state index in [0.29, 0.717) is 6.42 Å². The van der Waals surface area contributed by atoms with Gasteiger partial charge in [0.2, 0.25) is 0 Å². The number of carbonyl (C=O) groups is 2. The summed E-state index contributed by atoms with van der Waals surface area (Å²) >= 11 is 0. The van der Waals surface area contributed by atoms with Gasteiger partial charge < -0.3 is 14.8 Å². The zero-order chi connectivity index (χ0) is 17.5. The Balaban J connectivity index is 2.63. The van der Waals surface area contributed by atoms with Crippen molar-refractivity contribution in [1.82, 2.24) is 10.6 Å². The van der Waals surface area contributed by atoms with Crippen LogP contribution in [0.2, 0.25) is 0 Å². The minimum atomic E-state index is -0.574. The molecule has 6 nitrogen and oxygen atoms in total. The van der Waals surface area contributed by atoms with Crippen molar-refractivity contribution in [2.45, 2.75) is 51.9 Å². The molecule has 2 atom stereocenters. The van der Waals surface area contributed by atoms with Gasteiger partial charge in [-0.05, 0) is 39.7 Å². The number of hydrogen-bond acceptors (Lipinski definition) is 5. The molecule has 2 unspecified atom stereocenters. The highest BCUT2D eigenvalue weighted by atomic mass is 16.6. The lowest BCUT2D eigenvalue weighted by Gasteiger charge is -2.25. The van der Waals surface area contributed by atoms with E-state index in [-0.39, 0.29) is 5.97 Å². The maximum atomic E-state index is 11.9. The Kier molecular flexibility index (Phi) is 7.03. The first kappa shape index (κ1) is 19.0. The molecular weight excluding hydrogens is 296 g/mol. The van der Waals surface area contributed by atoms with Crippen LogP contribution in [0.15, 0.2) is 30.3 Å². The Labute approximate surface area is 137 Å². The van der Waals surface area contributed by atoms with Crippen LogP contribution < -0.4 is 10.6 Å². The molecule has 0 fully saturated rings. The van der Waals surface area contributed by atoms with Crippen molar-refractivity contribution >= 4 is 12.1 Å². The third-order valence-corrected chi connectivity index (χ3v) is 2.95. The van der Waals surface area contributed by atoms with E-state index in [1.54, 1.807) is 27.7 Å². The monoisotopic (exact) mass is 322 g/mol. The van der Waals surface area contributed by atoms with E-state index >= 15 is 0 Å². The van der Waals surface area contributed by atoms with Crippen LogP contribution in [0.5, 0.6) is 0 Å². The summed E-state index contributed by atoms with van der Waals surface area (Å²) in [4.78, 5) is 23.7. The summed E-state index contributed by atoms with van der Waals surface area (Å²) in [5, 5.41) is 5.70. The highest BCUT2D eigenvalue weighted by Crippen LogP contribution is 2.07. The third-order valence-electron chi connectivity index (χ3n) is 2.95. The van der Waals surface area contributed by atoms with Gasteiger partial charge in [0, 0.05) is 0 Å². The summed E-state index contributed by atoms with van der Waals surface area (Å²) in [6.07, 6.45) is -0.521. The minimum absolute atomic E-state index is 0.383. The quantitative estimate of drug-likeness (QED) is 0.620. The van der Waals surface area contributed by atoms with Gasteiger partial charge >= 0.3 is 12.1 Å². The van der Waals surface area contributed by atoms with Crippen LogP contribution in [-0.2, 0) is 20.7 Å². The van der Waals surface area contributed by atoms with Gasteiger partial charge in [-0.3, -0.25) is 10.1 Å². The summed E-state index contributed by atoms with van der Waals surface area (Å²) in [6.45, 7) is 7.11. The van der Waals surface area contributed by atoms with Gasteiger partial charge in [0.1, 0.15) is 11.6 Å². The van der Waals surface area contributed by atoms with Crippen LogP contribution in [0.4, 0.5) is 4.79 Å². The van der Waals surface area contributed by atoms with Gasteiger partial charge in [0.15, 0.2) is 0 Å². The number of esters is 1. The molecule has 0 saturated carbocycles. The maximum absolute atomic E-state index is 11.9. The molecule has 128 valence electrons. The molecule has 23 heavy (non-hydrogen) atoms. The molecule has 0 aliphatic rings. The Morgan fingerprint density at radius 2 is 1.78 bits per heavy atom. The lowest BCUT2D eigenvalue weighted by Crippen LogP contribution is -2.52. The molecule has 0 heterocycles. The molecule has 1 rings (SSSR count). The predicted octanol–water partition coefficient (Wildman–Crippen LogP) is 2.23. The highest BCUT2D eigenvalue weighted by molar-refractivity contribution is 5.76. The smallest absolute Gasteiger partial charge is 0.408 e. The minimum Gasteiger partial charge on any atom is -0.468 e. The molecule has 0 bridgehead atoms. The second-order valence-electron chi connectivity index (χ2n) is 6.30. The van der Waals surface area contributed by atoms with Gasteiger partial charge in [-0.1, -0.05) is 30.3 Å². The number of alkyl carbamates (subject to hydrolysis) is 1. The van der Waals surface area contributed by atoms with E-state index < -0.39 is 23.9 Å². The average molecular weight is 322 g/mol. The molecule has 0 aliphatic heterocycles. The number of amides is 1. The van der Waals surface area contributed by atoms with E-state index in [0.717, 1.165) is 5.56 Å². The number of nitrogens with one attached hydrogen (secondary N) is 2. The first-order valence-corrected chi connectivity index (χ1v) is 7.58. The van der Waals surface area contributed by atoms with Crippen molar-refractivity contribution in [3.63, 3.8) is 0 Å². The number of carbonyl (C=O) groups excluding carboxylic acids is 2. The van der Waals surface area contributed by atoms with Gasteiger partial charge in [0.25, 0.3) is 0 Å². The first-order chi connectivity index (χ1) is 10.7. The molecule has 1 aromatic rings. The van der Waals surface area contributed by atoms with Crippen molar-refractivity contribution in [2.24, 2.45) is 0 Å². The largest absolute Gasteiger partial charge is 0.468 e. The lowest BCUT2D eigenvalue weighted by atomic mass is 10.1. The molecule has 0 radical (unpaired) electrons. The summed E-state index contributed by atoms with van der Waals surface area (Å²) in [7, 11) is 1.34. The molecular formula is C17H26N2O4. The topological polar surface area (TPSA) is 76.7 Å². The summed E-state index contributed by atoms with van der Waals surface area (Å²) in [5.74, 6) is -0.383. The summed E-state index contributed by atoms with van der Waals surface area (Å²) in [6, 6.07) is 9.04. The number of benzene rings is 1. The molecule has 1 amide bonds. The molecule has 0 aliphatic carbocycles. The predicted molar refractivity (Wildman–Crippen MR) is 87.9 cm³/mol. The fourth-order valence-electron chi connectivity index (χ4n) is 2.03. The normalized spacial score (nSPS) is 13.8. The Hall–Kier alpha value is -2.08. The van der Waals surface area contributed by atoms with Crippen molar-refractivity contribution < 1.29 is 19.1 Å².